The van der Waals surface area contributed by atoms with E-state index in [2.05, 4.69) is 15.3 Å². The van der Waals surface area contributed by atoms with E-state index in [-0.39, 0.29) is 0 Å². The monoisotopic (exact) mass is 192 g/mol. The van der Waals surface area contributed by atoms with Crippen LogP contribution in [0.5, 0.6) is 0 Å². The van der Waals surface area contributed by atoms with Gasteiger partial charge in [-0.15, -0.1) is 0 Å². The number of nitrogens with two attached hydrogens (primary N) is 1. The van der Waals surface area contributed by atoms with Crippen LogP contribution < -0.4 is 11.1 Å². The van der Waals surface area contributed by atoms with Crippen LogP contribution in [0, 0.1) is 6.92 Å². The zero-order valence-corrected chi connectivity index (χ0v) is 8.40. The summed E-state index contributed by atoms with van der Waals surface area (Å²) in [6.07, 6.45) is 6.83. The van der Waals surface area contributed by atoms with E-state index in [0.717, 1.165) is 30.8 Å². The van der Waals surface area contributed by atoms with Gasteiger partial charge in [-0.05, 0) is 26.2 Å². The van der Waals surface area contributed by atoms with Crippen LogP contribution in [0.15, 0.2) is 12.4 Å². The molecule has 0 aliphatic heterocycles. The van der Waals surface area contributed by atoms with Crippen molar-refractivity contribution in [2.75, 3.05) is 5.32 Å². The van der Waals surface area contributed by atoms with Crippen molar-refractivity contribution in [1.82, 2.24) is 9.97 Å². The molecule has 0 spiro atoms. The lowest BCUT2D eigenvalue weighted by Gasteiger charge is -2.12. The first-order valence-corrected chi connectivity index (χ1v) is 5.05. The average molecular weight is 192 g/mol. The lowest BCUT2D eigenvalue weighted by molar-refractivity contribution is 0.686. The van der Waals surface area contributed by atoms with Gasteiger partial charge in [0.15, 0.2) is 0 Å². The third kappa shape index (κ3) is 2.20. The molecule has 1 heterocycles. The fourth-order valence-electron chi connectivity index (χ4n) is 1.82. The summed E-state index contributed by atoms with van der Waals surface area (Å²) >= 11 is 0. The summed E-state index contributed by atoms with van der Waals surface area (Å²) in [5.74, 6) is 0.856. The number of nitrogens with zero attached hydrogens (tertiary/aromatic N) is 2. The molecule has 0 saturated heterocycles. The Kier molecular flexibility index (Phi) is 2.63. The van der Waals surface area contributed by atoms with Crippen LogP contribution in [0.25, 0.3) is 0 Å². The SMILES string of the molecule is Cc1cnc(N[C@@H]2CC[C@@H](N)C2)cn1. The minimum absolute atomic E-state index is 0.353. The molecule has 1 aliphatic rings. The minimum Gasteiger partial charge on any atom is -0.366 e. The van der Waals surface area contributed by atoms with Crippen molar-refractivity contribution in [2.45, 2.75) is 38.3 Å². The van der Waals surface area contributed by atoms with Crippen molar-refractivity contribution < 1.29 is 0 Å². The highest BCUT2D eigenvalue weighted by Gasteiger charge is 2.21. The highest BCUT2D eigenvalue weighted by Crippen LogP contribution is 2.20. The molecular formula is C10H16N4. The number of hydrogen-bond donors (Lipinski definition) is 2. The quantitative estimate of drug-likeness (QED) is 0.736. The molecule has 1 aliphatic carbocycles. The summed E-state index contributed by atoms with van der Waals surface area (Å²) in [7, 11) is 0. The Balaban J connectivity index is 1.94. The van der Waals surface area contributed by atoms with E-state index in [4.69, 9.17) is 5.73 Å². The van der Waals surface area contributed by atoms with Crippen LogP contribution in [0.1, 0.15) is 25.0 Å². The van der Waals surface area contributed by atoms with Crippen LogP contribution in [-0.4, -0.2) is 22.1 Å². The van der Waals surface area contributed by atoms with Crippen molar-refractivity contribution in [3.05, 3.63) is 18.1 Å². The van der Waals surface area contributed by atoms with E-state index in [1.165, 1.54) is 0 Å². The summed E-state index contributed by atoms with van der Waals surface area (Å²) in [5.41, 5.74) is 6.77. The van der Waals surface area contributed by atoms with Crippen molar-refractivity contribution in [3.63, 3.8) is 0 Å². The van der Waals surface area contributed by atoms with Gasteiger partial charge in [0.25, 0.3) is 0 Å². The van der Waals surface area contributed by atoms with Crippen LogP contribution >= 0.6 is 0 Å². The highest BCUT2D eigenvalue weighted by molar-refractivity contribution is 5.32. The third-order valence-electron chi connectivity index (χ3n) is 2.61. The molecule has 1 fully saturated rings. The van der Waals surface area contributed by atoms with Gasteiger partial charge in [0, 0.05) is 12.1 Å². The summed E-state index contributed by atoms with van der Waals surface area (Å²) in [4.78, 5) is 8.44. The first kappa shape index (κ1) is 9.40. The van der Waals surface area contributed by atoms with Gasteiger partial charge in [0.1, 0.15) is 5.82 Å². The maximum Gasteiger partial charge on any atom is 0.144 e. The standard InChI is InChI=1S/C10H16N4/c1-7-5-13-10(6-12-7)14-9-3-2-8(11)4-9/h5-6,8-9H,2-4,11H2,1H3,(H,13,14)/t8-,9-/m1/s1. The van der Waals surface area contributed by atoms with Gasteiger partial charge < -0.3 is 11.1 Å². The molecule has 76 valence electrons. The van der Waals surface area contributed by atoms with Crippen LogP contribution in [-0.2, 0) is 0 Å². The van der Waals surface area contributed by atoms with E-state index in [0.29, 0.717) is 12.1 Å². The van der Waals surface area contributed by atoms with Gasteiger partial charge in [0.05, 0.1) is 18.1 Å². The molecule has 3 N–H and O–H groups in total. The molecule has 0 amide bonds. The first-order chi connectivity index (χ1) is 6.74. The molecule has 2 rings (SSSR count). The Bertz CT molecular complexity index is 295. The second-order valence-corrected chi connectivity index (χ2v) is 3.96. The predicted octanol–water partition coefficient (Wildman–Crippen LogP) is 1.08. The molecule has 0 radical (unpaired) electrons. The molecular weight excluding hydrogens is 176 g/mol. The Morgan fingerprint density at radius 3 is 2.79 bits per heavy atom. The highest BCUT2D eigenvalue weighted by atomic mass is 15.0. The molecule has 14 heavy (non-hydrogen) atoms. The van der Waals surface area contributed by atoms with Crippen molar-refractivity contribution in [1.29, 1.82) is 0 Å². The molecule has 2 atom stereocenters. The van der Waals surface area contributed by atoms with Gasteiger partial charge in [-0.1, -0.05) is 0 Å². The van der Waals surface area contributed by atoms with Crippen LogP contribution in [0.3, 0.4) is 0 Å². The molecule has 4 nitrogen and oxygen atoms in total. The number of nitrogens with one attached hydrogen (secondary N) is 1. The van der Waals surface area contributed by atoms with E-state index < -0.39 is 0 Å². The summed E-state index contributed by atoms with van der Waals surface area (Å²) in [5, 5.41) is 3.34. The van der Waals surface area contributed by atoms with Crippen LogP contribution in [0.4, 0.5) is 5.82 Å². The van der Waals surface area contributed by atoms with Crippen LogP contribution in [0.2, 0.25) is 0 Å². The molecule has 0 aromatic carbocycles. The van der Waals surface area contributed by atoms with E-state index in [1.54, 1.807) is 12.4 Å². The third-order valence-corrected chi connectivity index (χ3v) is 2.61. The fraction of sp³-hybridized carbons (Fsp3) is 0.600. The molecule has 4 heteroatoms. The van der Waals surface area contributed by atoms with Gasteiger partial charge in [-0.25, -0.2) is 4.98 Å². The Hall–Kier alpha value is -1.16. The molecule has 1 saturated carbocycles. The predicted molar refractivity (Wildman–Crippen MR) is 56.0 cm³/mol. The fourth-order valence-corrected chi connectivity index (χ4v) is 1.82. The van der Waals surface area contributed by atoms with Gasteiger partial charge in [0.2, 0.25) is 0 Å². The number of anilines is 1. The summed E-state index contributed by atoms with van der Waals surface area (Å²) in [6.45, 7) is 1.93. The normalized spacial score (nSPS) is 26.4. The zero-order chi connectivity index (χ0) is 9.97. The second-order valence-electron chi connectivity index (χ2n) is 3.96. The largest absolute Gasteiger partial charge is 0.366 e. The maximum absolute atomic E-state index is 5.83. The zero-order valence-electron chi connectivity index (χ0n) is 8.40. The first-order valence-electron chi connectivity index (χ1n) is 5.05. The number of aryl methyl sites for hydroxylation is 1. The lowest BCUT2D eigenvalue weighted by atomic mass is 10.2. The summed E-state index contributed by atoms with van der Waals surface area (Å²) < 4.78 is 0. The molecule has 0 bridgehead atoms. The Labute approximate surface area is 83.9 Å². The number of rotatable bonds is 2. The molecule has 0 unspecified atom stereocenters. The Morgan fingerprint density at radius 1 is 1.36 bits per heavy atom. The smallest absolute Gasteiger partial charge is 0.144 e. The second kappa shape index (κ2) is 3.92. The maximum atomic E-state index is 5.83. The van der Waals surface area contributed by atoms with E-state index in [1.807, 2.05) is 6.92 Å². The Morgan fingerprint density at radius 2 is 2.21 bits per heavy atom. The van der Waals surface area contributed by atoms with Gasteiger partial charge >= 0.3 is 0 Å². The van der Waals surface area contributed by atoms with Crippen molar-refractivity contribution in [3.8, 4) is 0 Å². The molecule has 1 aromatic rings. The van der Waals surface area contributed by atoms with E-state index in [9.17, 15) is 0 Å². The van der Waals surface area contributed by atoms with Crippen molar-refractivity contribution >= 4 is 5.82 Å². The van der Waals surface area contributed by atoms with E-state index >= 15 is 0 Å². The number of hydrogen-bond acceptors (Lipinski definition) is 4. The van der Waals surface area contributed by atoms with Crippen molar-refractivity contribution in [2.24, 2.45) is 5.73 Å². The minimum atomic E-state index is 0.353. The lowest BCUT2D eigenvalue weighted by Crippen LogP contribution is -2.21. The van der Waals surface area contributed by atoms with Gasteiger partial charge in [-0.2, -0.15) is 0 Å². The summed E-state index contributed by atoms with van der Waals surface area (Å²) in [6, 6.07) is 0.827. The van der Waals surface area contributed by atoms with Gasteiger partial charge in [-0.3, -0.25) is 4.98 Å². The number of aromatic nitrogens is 2. The topological polar surface area (TPSA) is 63.8 Å². The molecule has 1 aromatic heterocycles. The average Bonchev–Trinajstić information content (AvgIpc) is 2.56.